The van der Waals surface area contributed by atoms with Gasteiger partial charge in [0, 0.05) is 17.1 Å². The number of fused-ring (bicyclic) bond motifs is 3. The van der Waals surface area contributed by atoms with Crippen LogP contribution in [0.1, 0.15) is 12.0 Å². The summed E-state index contributed by atoms with van der Waals surface area (Å²) >= 11 is 3.56. The monoisotopic (exact) mass is 280 g/mol. The van der Waals surface area contributed by atoms with Gasteiger partial charge in [0.15, 0.2) is 0 Å². The molecule has 3 nitrogen and oxygen atoms in total. The number of rotatable bonds is 0. The SMILES string of the molecule is O=C1CNCC2CCc3cccc(Br)c3N12. The van der Waals surface area contributed by atoms with Crippen molar-refractivity contribution in [1.82, 2.24) is 5.32 Å². The lowest BCUT2D eigenvalue weighted by atomic mass is 9.94. The van der Waals surface area contributed by atoms with E-state index in [1.54, 1.807) is 0 Å². The van der Waals surface area contributed by atoms with Gasteiger partial charge in [0.2, 0.25) is 5.91 Å². The zero-order chi connectivity index (χ0) is 11.1. The molecule has 1 aromatic rings. The molecule has 84 valence electrons. The number of anilines is 1. The zero-order valence-corrected chi connectivity index (χ0v) is 10.5. The molecule has 0 aliphatic carbocycles. The Morgan fingerprint density at radius 1 is 1.44 bits per heavy atom. The van der Waals surface area contributed by atoms with Gasteiger partial charge in [-0.3, -0.25) is 4.79 Å². The fraction of sp³-hybridized carbons (Fsp3) is 0.417. The van der Waals surface area contributed by atoms with Crippen LogP contribution in [-0.2, 0) is 11.2 Å². The summed E-state index contributed by atoms with van der Waals surface area (Å²) in [7, 11) is 0. The second-order valence-electron chi connectivity index (χ2n) is 4.33. The number of carbonyl (C=O) groups is 1. The third kappa shape index (κ3) is 1.48. The number of piperazine rings is 1. The molecular formula is C12H13BrN2O. The van der Waals surface area contributed by atoms with E-state index in [0.29, 0.717) is 12.6 Å². The Morgan fingerprint density at radius 3 is 3.19 bits per heavy atom. The molecule has 1 aromatic carbocycles. The summed E-state index contributed by atoms with van der Waals surface area (Å²) in [5.74, 6) is 0.184. The molecule has 2 heterocycles. The third-order valence-electron chi connectivity index (χ3n) is 3.35. The number of amides is 1. The average molecular weight is 281 g/mol. The number of benzene rings is 1. The lowest BCUT2D eigenvalue weighted by Gasteiger charge is -2.41. The van der Waals surface area contributed by atoms with Crippen molar-refractivity contribution in [3.8, 4) is 0 Å². The van der Waals surface area contributed by atoms with Gasteiger partial charge in [0.05, 0.1) is 12.2 Å². The number of nitrogens with one attached hydrogen (secondary N) is 1. The van der Waals surface area contributed by atoms with Crippen LogP contribution in [0.3, 0.4) is 0 Å². The van der Waals surface area contributed by atoms with E-state index in [2.05, 4.69) is 27.3 Å². The highest BCUT2D eigenvalue weighted by Crippen LogP contribution is 2.37. The number of hydrogen-bond donors (Lipinski definition) is 1. The van der Waals surface area contributed by atoms with Gasteiger partial charge in [-0.2, -0.15) is 0 Å². The van der Waals surface area contributed by atoms with Gasteiger partial charge in [-0.1, -0.05) is 12.1 Å². The second-order valence-corrected chi connectivity index (χ2v) is 5.19. The molecule has 1 saturated heterocycles. The molecule has 0 bridgehead atoms. The van der Waals surface area contributed by atoms with Crippen LogP contribution in [-0.4, -0.2) is 25.0 Å². The van der Waals surface area contributed by atoms with Crippen LogP contribution in [0.15, 0.2) is 22.7 Å². The fourth-order valence-corrected chi connectivity index (χ4v) is 3.22. The van der Waals surface area contributed by atoms with E-state index in [0.717, 1.165) is 29.5 Å². The molecule has 0 saturated carbocycles. The van der Waals surface area contributed by atoms with Gasteiger partial charge in [-0.15, -0.1) is 0 Å². The summed E-state index contributed by atoms with van der Waals surface area (Å²) in [5, 5.41) is 3.18. The molecule has 2 aliphatic rings. The molecule has 4 heteroatoms. The van der Waals surface area contributed by atoms with Crippen LogP contribution in [0.5, 0.6) is 0 Å². The molecule has 1 unspecified atom stereocenters. The summed E-state index contributed by atoms with van der Waals surface area (Å²) in [6.45, 7) is 1.36. The first-order chi connectivity index (χ1) is 7.77. The predicted molar refractivity (Wildman–Crippen MR) is 66.6 cm³/mol. The highest BCUT2D eigenvalue weighted by Gasteiger charge is 2.34. The van der Waals surface area contributed by atoms with E-state index in [1.165, 1.54) is 5.56 Å². The van der Waals surface area contributed by atoms with Crippen molar-refractivity contribution in [2.24, 2.45) is 0 Å². The standard InChI is InChI=1S/C12H13BrN2O/c13-10-3-1-2-8-4-5-9-6-14-7-11(16)15(9)12(8)10/h1-3,9,14H,4-7H2. The molecular weight excluding hydrogens is 268 g/mol. The third-order valence-corrected chi connectivity index (χ3v) is 3.99. The number of nitrogens with zero attached hydrogens (tertiary/aromatic N) is 1. The summed E-state index contributed by atoms with van der Waals surface area (Å²) in [6.07, 6.45) is 2.12. The highest BCUT2D eigenvalue weighted by atomic mass is 79.9. The minimum absolute atomic E-state index is 0.184. The maximum absolute atomic E-state index is 12.0. The lowest BCUT2D eigenvalue weighted by molar-refractivity contribution is -0.119. The molecule has 1 amide bonds. The molecule has 1 atom stereocenters. The zero-order valence-electron chi connectivity index (χ0n) is 8.87. The van der Waals surface area contributed by atoms with Crippen LogP contribution in [0.4, 0.5) is 5.69 Å². The van der Waals surface area contributed by atoms with Gasteiger partial charge in [0.1, 0.15) is 0 Å². The normalized spacial score (nSPS) is 23.9. The van der Waals surface area contributed by atoms with E-state index >= 15 is 0 Å². The number of para-hydroxylation sites is 1. The van der Waals surface area contributed by atoms with Gasteiger partial charge >= 0.3 is 0 Å². The molecule has 16 heavy (non-hydrogen) atoms. The van der Waals surface area contributed by atoms with Gasteiger partial charge in [0.25, 0.3) is 0 Å². The van der Waals surface area contributed by atoms with E-state index < -0.39 is 0 Å². The number of aryl methyl sites for hydroxylation is 1. The first kappa shape index (κ1) is 10.3. The molecule has 3 rings (SSSR count). The molecule has 2 aliphatic heterocycles. The van der Waals surface area contributed by atoms with Crippen LogP contribution in [0.25, 0.3) is 0 Å². The van der Waals surface area contributed by atoms with E-state index in [1.807, 2.05) is 17.0 Å². The van der Waals surface area contributed by atoms with Crippen molar-refractivity contribution in [3.63, 3.8) is 0 Å². The van der Waals surface area contributed by atoms with E-state index in [9.17, 15) is 4.79 Å². The fourth-order valence-electron chi connectivity index (χ4n) is 2.62. The van der Waals surface area contributed by atoms with Crippen molar-refractivity contribution < 1.29 is 4.79 Å². The summed E-state index contributed by atoms with van der Waals surface area (Å²) in [5.41, 5.74) is 2.37. The summed E-state index contributed by atoms with van der Waals surface area (Å²) in [4.78, 5) is 14.0. The Labute approximate surface area is 103 Å². The van der Waals surface area contributed by atoms with Gasteiger partial charge < -0.3 is 10.2 Å². The highest BCUT2D eigenvalue weighted by molar-refractivity contribution is 9.10. The first-order valence-electron chi connectivity index (χ1n) is 5.57. The smallest absolute Gasteiger partial charge is 0.241 e. The number of carbonyl (C=O) groups excluding carboxylic acids is 1. The Hall–Kier alpha value is -0.870. The van der Waals surface area contributed by atoms with Crippen molar-refractivity contribution in [1.29, 1.82) is 0 Å². The van der Waals surface area contributed by atoms with Crippen molar-refractivity contribution in [2.75, 3.05) is 18.0 Å². The van der Waals surface area contributed by atoms with Crippen molar-refractivity contribution in [2.45, 2.75) is 18.9 Å². The number of hydrogen-bond acceptors (Lipinski definition) is 2. The Kier molecular flexibility index (Phi) is 2.48. The minimum Gasteiger partial charge on any atom is -0.306 e. The van der Waals surface area contributed by atoms with Crippen LogP contribution < -0.4 is 10.2 Å². The quantitative estimate of drug-likeness (QED) is 0.785. The molecule has 0 radical (unpaired) electrons. The average Bonchev–Trinajstić information content (AvgIpc) is 2.29. The summed E-state index contributed by atoms with van der Waals surface area (Å²) < 4.78 is 1.03. The second kappa shape index (κ2) is 3.86. The Bertz CT molecular complexity index is 447. The first-order valence-corrected chi connectivity index (χ1v) is 6.37. The topological polar surface area (TPSA) is 32.3 Å². The molecule has 1 N–H and O–H groups in total. The lowest BCUT2D eigenvalue weighted by Crippen LogP contribution is -2.57. The molecule has 0 aromatic heterocycles. The van der Waals surface area contributed by atoms with Gasteiger partial charge in [-0.05, 0) is 40.4 Å². The van der Waals surface area contributed by atoms with Crippen molar-refractivity contribution in [3.05, 3.63) is 28.2 Å². The largest absolute Gasteiger partial charge is 0.306 e. The van der Waals surface area contributed by atoms with E-state index in [-0.39, 0.29) is 5.91 Å². The maximum atomic E-state index is 12.0. The summed E-state index contributed by atoms with van der Waals surface area (Å²) in [6, 6.07) is 6.49. The predicted octanol–water partition coefficient (Wildman–Crippen LogP) is 1.70. The van der Waals surface area contributed by atoms with Gasteiger partial charge in [-0.25, -0.2) is 0 Å². The van der Waals surface area contributed by atoms with Crippen LogP contribution in [0, 0.1) is 0 Å². The Balaban J connectivity index is 2.12. The minimum atomic E-state index is 0.184. The van der Waals surface area contributed by atoms with Crippen LogP contribution in [0.2, 0.25) is 0 Å². The maximum Gasteiger partial charge on any atom is 0.241 e. The molecule has 0 spiro atoms. The van der Waals surface area contributed by atoms with E-state index in [4.69, 9.17) is 0 Å². The van der Waals surface area contributed by atoms with Crippen molar-refractivity contribution >= 4 is 27.5 Å². The number of halogens is 1. The molecule has 1 fully saturated rings. The van der Waals surface area contributed by atoms with Crippen LogP contribution >= 0.6 is 15.9 Å². The Morgan fingerprint density at radius 2 is 2.31 bits per heavy atom.